The van der Waals surface area contributed by atoms with E-state index in [2.05, 4.69) is 0 Å². The summed E-state index contributed by atoms with van der Waals surface area (Å²) < 4.78 is 11.2. The summed E-state index contributed by atoms with van der Waals surface area (Å²) >= 11 is 12.3. The number of phenols is 1. The zero-order valence-electron chi connectivity index (χ0n) is 18.0. The van der Waals surface area contributed by atoms with E-state index in [1.165, 1.54) is 12.1 Å². The fraction of sp³-hybridized carbons (Fsp3) is 0.231. The highest BCUT2D eigenvalue weighted by Crippen LogP contribution is 2.43. The topological polar surface area (TPSA) is 76.7 Å². The summed E-state index contributed by atoms with van der Waals surface area (Å²) in [6.07, 6.45) is 2.08. The quantitative estimate of drug-likeness (QED) is 0.166. The Morgan fingerprint density at radius 2 is 1.79 bits per heavy atom. The van der Waals surface area contributed by atoms with E-state index in [0.29, 0.717) is 47.5 Å². The summed E-state index contributed by atoms with van der Waals surface area (Å²) in [5.74, 6) is 0.283. The number of carbonyl (C=O) groups excluding carboxylic acids is 1. The van der Waals surface area contributed by atoms with Crippen molar-refractivity contribution in [3.63, 3.8) is 0 Å². The van der Waals surface area contributed by atoms with E-state index in [-0.39, 0.29) is 27.0 Å². The molecule has 0 fully saturated rings. The Bertz CT molecular complexity index is 1340. The highest BCUT2D eigenvalue weighted by molar-refractivity contribution is 6.33. The number of carbonyl (C=O) groups is 1. The van der Waals surface area contributed by atoms with Crippen molar-refractivity contribution in [2.24, 2.45) is 0 Å². The summed E-state index contributed by atoms with van der Waals surface area (Å²) in [5.41, 5.74) is 2.80. The van der Waals surface area contributed by atoms with E-state index in [4.69, 9.17) is 32.4 Å². The second-order valence-corrected chi connectivity index (χ2v) is 8.52. The molecule has 0 bridgehead atoms. The minimum atomic E-state index is -0.360. The first-order chi connectivity index (χ1) is 15.9. The predicted molar refractivity (Wildman–Crippen MR) is 131 cm³/mol. The number of hydrogen-bond donors (Lipinski definition) is 1. The van der Waals surface area contributed by atoms with Crippen LogP contribution in [0, 0.1) is 0 Å². The maximum atomic E-state index is 12.6. The molecule has 0 unspecified atom stereocenters. The van der Waals surface area contributed by atoms with E-state index >= 15 is 0 Å². The normalized spacial score (nSPS) is 11.4. The van der Waals surface area contributed by atoms with Gasteiger partial charge in [0.1, 0.15) is 17.1 Å². The fourth-order valence-corrected chi connectivity index (χ4v) is 4.14. The highest BCUT2D eigenvalue weighted by atomic mass is 35.5. The van der Waals surface area contributed by atoms with Crippen LogP contribution in [0.3, 0.4) is 0 Å². The summed E-state index contributed by atoms with van der Waals surface area (Å²) in [4.78, 5) is 24.7. The van der Waals surface area contributed by atoms with Crippen molar-refractivity contribution in [1.82, 2.24) is 0 Å². The Kier molecular flexibility index (Phi) is 7.03. The number of hydrogen-bond acceptors (Lipinski definition) is 5. The largest absolute Gasteiger partial charge is 0.506 e. The number of unbranched alkanes of at least 4 members (excludes halogenated alkanes) is 1. The standard InChI is InChI=1S/C26H22Cl2O5/c1-2-32-10-4-3-5-21(29)15-6-8-16(9-7-15)26-17-11-19(27)22(30)13-24(17)33-25-14-23(31)20(28)12-18(25)26/h6-9,11-14,30H,2-5,10H2,1H3. The molecule has 0 atom stereocenters. The van der Waals surface area contributed by atoms with Gasteiger partial charge in [0, 0.05) is 53.8 Å². The summed E-state index contributed by atoms with van der Waals surface area (Å²) in [5, 5.41) is 10.9. The monoisotopic (exact) mass is 484 g/mol. The van der Waals surface area contributed by atoms with Gasteiger partial charge in [-0.1, -0.05) is 47.5 Å². The molecule has 0 aromatic heterocycles. The Morgan fingerprint density at radius 1 is 1.03 bits per heavy atom. The number of fused-ring (bicyclic) bond motifs is 2. The third-order valence-electron chi connectivity index (χ3n) is 5.48. The number of aromatic hydroxyl groups is 1. The predicted octanol–water partition coefficient (Wildman–Crippen LogP) is 6.97. The van der Waals surface area contributed by atoms with Crippen LogP contribution in [0.15, 0.2) is 57.7 Å². The average molecular weight is 485 g/mol. The van der Waals surface area contributed by atoms with Crippen LogP contribution in [-0.4, -0.2) is 24.1 Å². The molecule has 0 saturated heterocycles. The second-order valence-electron chi connectivity index (χ2n) is 7.71. The van der Waals surface area contributed by atoms with Crippen LogP contribution in [-0.2, 0) is 4.74 Å². The maximum Gasteiger partial charge on any atom is 0.200 e. The first-order valence-corrected chi connectivity index (χ1v) is 11.4. The lowest BCUT2D eigenvalue weighted by Crippen LogP contribution is -2.03. The molecule has 1 N–H and O–H groups in total. The molecule has 7 heteroatoms. The van der Waals surface area contributed by atoms with Crippen molar-refractivity contribution in [3.05, 3.63) is 74.4 Å². The summed E-state index contributed by atoms with van der Waals surface area (Å²) in [6.45, 7) is 3.29. The fourth-order valence-electron chi connectivity index (χ4n) is 3.81. The van der Waals surface area contributed by atoms with E-state index < -0.39 is 0 Å². The van der Waals surface area contributed by atoms with Crippen LogP contribution in [0.25, 0.3) is 33.4 Å². The van der Waals surface area contributed by atoms with Gasteiger partial charge in [0.2, 0.25) is 5.43 Å². The smallest absolute Gasteiger partial charge is 0.200 e. The highest BCUT2D eigenvalue weighted by Gasteiger charge is 2.20. The maximum absolute atomic E-state index is 12.6. The van der Waals surface area contributed by atoms with Gasteiger partial charge in [-0.2, -0.15) is 0 Å². The van der Waals surface area contributed by atoms with Gasteiger partial charge in [0.05, 0.1) is 10.0 Å². The molecule has 170 valence electrons. The third kappa shape index (κ3) is 4.91. The number of ketones is 1. The van der Waals surface area contributed by atoms with Gasteiger partial charge in [-0.05, 0) is 37.5 Å². The van der Waals surface area contributed by atoms with Crippen LogP contribution in [0.5, 0.6) is 5.75 Å². The molecule has 2 aromatic rings. The lowest BCUT2D eigenvalue weighted by atomic mass is 9.92. The number of phenolic OH excluding ortho intramolecular Hbond substituents is 1. The Hall–Kier alpha value is -2.86. The van der Waals surface area contributed by atoms with Crippen molar-refractivity contribution in [2.75, 3.05) is 13.2 Å². The van der Waals surface area contributed by atoms with Gasteiger partial charge >= 0.3 is 0 Å². The number of ether oxygens (including phenoxy) is 1. The number of rotatable bonds is 8. The van der Waals surface area contributed by atoms with Gasteiger partial charge in [0.15, 0.2) is 5.78 Å². The van der Waals surface area contributed by atoms with Crippen LogP contribution in [0.1, 0.15) is 36.5 Å². The van der Waals surface area contributed by atoms with Crippen LogP contribution >= 0.6 is 23.2 Å². The van der Waals surface area contributed by atoms with Crippen LogP contribution < -0.4 is 5.43 Å². The first kappa shape index (κ1) is 23.3. The van der Waals surface area contributed by atoms with Crippen LogP contribution in [0.2, 0.25) is 10.0 Å². The zero-order chi connectivity index (χ0) is 23.5. The van der Waals surface area contributed by atoms with Crippen molar-refractivity contribution in [2.45, 2.75) is 26.2 Å². The Morgan fingerprint density at radius 3 is 2.52 bits per heavy atom. The zero-order valence-corrected chi connectivity index (χ0v) is 19.5. The summed E-state index contributed by atoms with van der Waals surface area (Å²) in [7, 11) is 0. The SMILES string of the molecule is CCOCCCCC(=O)c1ccc(-c2c3cc(Cl)c(=O)cc-3oc3cc(O)c(Cl)cc23)cc1. The van der Waals surface area contributed by atoms with Crippen molar-refractivity contribution < 1.29 is 19.1 Å². The van der Waals surface area contributed by atoms with E-state index in [1.54, 1.807) is 24.3 Å². The molecule has 0 radical (unpaired) electrons. The van der Waals surface area contributed by atoms with Crippen molar-refractivity contribution in [1.29, 1.82) is 0 Å². The number of benzene rings is 3. The molecular weight excluding hydrogens is 463 g/mol. The molecule has 0 amide bonds. The molecule has 0 spiro atoms. The first-order valence-electron chi connectivity index (χ1n) is 10.7. The van der Waals surface area contributed by atoms with E-state index in [9.17, 15) is 14.7 Å². The molecule has 33 heavy (non-hydrogen) atoms. The molecule has 5 nitrogen and oxygen atoms in total. The minimum absolute atomic E-state index is 0.0713. The molecule has 2 aliphatic rings. The summed E-state index contributed by atoms with van der Waals surface area (Å²) in [6, 6.07) is 13.2. The molecule has 2 aromatic carbocycles. The van der Waals surface area contributed by atoms with Gasteiger partial charge in [-0.15, -0.1) is 0 Å². The van der Waals surface area contributed by atoms with Crippen molar-refractivity contribution in [3.8, 4) is 28.2 Å². The Labute approximate surface area is 200 Å². The van der Waals surface area contributed by atoms with E-state index in [1.807, 2.05) is 19.1 Å². The molecular formula is C26H22Cl2O5. The van der Waals surface area contributed by atoms with Gasteiger partial charge < -0.3 is 14.3 Å². The third-order valence-corrected chi connectivity index (χ3v) is 6.08. The lowest BCUT2D eigenvalue weighted by Gasteiger charge is -2.16. The van der Waals surface area contributed by atoms with Gasteiger partial charge in [-0.25, -0.2) is 0 Å². The Balaban J connectivity index is 1.75. The lowest BCUT2D eigenvalue weighted by molar-refractivity contribution is 0.0970. The minimum Gasteiger partial charge on any atom is -0.506 e. The molecule has 1 aliphatic heterocycles. The second kappa shape index (κ2) is 9.96. The number of Topliss-reactive ketones (excluding diaryl/α,β-unsaturated/α-hetero) is 1. The van der Waals surface area contributed by atoms with Gasteiger partial charge in [-0.3, -0.25) is 9.59 Å². The average Bonchev–Trinajstić information content (AvgIpc) is 2.80. The molecule has 0 saturated carbocycles. The van der Waals surface area contributed by atoms with Crippen molar-refractivity contribution >= 4 is 40.0 Å². The van der Waals surface area contributed by atoms with E-state index in [0.717, 1.165) is 24.0 Å². The number of halogens is 2. The molecule has 1 aliphatic carbocycles. The molecule has 4 rings (SSSR count). The van der Waals surface area contributed by atoms with Gasteiger partial charge in [0.25, 0.3) is 0 Å². The van der Waals surface area contributed by atoms with Crippen LogP contribution in [0.4, 0.5) is 0 Å². The molecule has 1 heterocycles.